The van der Waals surface area contributed by atoms with Gasteiger partial charge in [0.15, 0.2) is 0 Å². The molecule has 4 amide bonds. The van der Waals surface area contributed by atoms with Gasteiger partial charge in [-0.3, -0.25) is 14.6 Å². The molecule has 1 aliphatic heterocycles. The number of amides is 4. The van der Waals surface area contributed by atoms with E-state index in [1.807, 2.05) is 30.3 Å². The number of benzene rings is 2. The van der Waals surface area contributed by atoms with Crippen molar-refractivity contribution in [2.45, 2.75) is 51.8 Å². The third-order valence-corrected chi connectivity index (χ3v) is 6.29. The predicted molar refractivity (Wildman–Crippen MR) is 148 cm³/mol. The smallest absolute Gasteiger partial charge is 0.410 e. The summed E-state index contributed by atoms with van der Waals surface area (Å²) in [6.07, 6.45) is 2.05. The van der Waals surface area contributed by atoms with Crippen LogP contribution in [0.2, 0.25) is 0 Å². The summed E-state index contributed by atoms with van der Waals surface area (Å²) in [4.78, 5) is 50.5. The van der Waals surface area contributed by atoms with Crippen molar-refractivity contribution < 1.29 is 23.9 Å². The van der Waals surface area contributed by atoms with Crippen LogP contribution in [0.5, 0.6) is 5.75 Å². The Balaban J connectivity index is 1.56. The number of rotatable bonds is 6. The van der Waals surface area contributed by atoms with Gasteiger partial charge in [-0.2, -0.15) is 0 Å². The fourth-order valence-electron chi connectivity index (χ4n) is 4.39. The van der Waals surface area contributed by atoms with E-state index in [0.29, 0.717) is 54.1 Å². The average molecular weight is 535 g/mol. The molecule has 1 aromatic heterocycles. The second-order valence-corrected chi connectivity index (χ2v) is 10.3. The van der Waals surface area contributed by atoms with Gasteiger partial charge in [0.1, 0.15) is 29.5 Å². The SMILES string of the molecule is COc1cc2ncnc(N(C)C(=O)NCc3ccccc3)c2cc1NC(=O)C1CCCN1C(=O)OC(C)(C)C. The van der Waals surface area contributed by atoms with Crippen LogP contribution in [-0.2, 0) is 16.1 Å². The van der Waals surface area contributed by atoms with E-state index >= 15 is 0 Å². The van der Waals surface area contributed by atoms with E-state index in [0.717, 1.165) is 5.56 Å². The quantitative estimate of drug-likeness (QED) is 0.482. The Morgan fingerprint density at radius 2 is 1.87 bits per heavy atom. The molecule has 1 atom stereocenters. The lowest BCUT2D eigenvalue weighted by Gasteiger charge is -2.28. The lowest BCUT2D eigenvalue weighted by Crippen LogP contribution is -2.45. The first-order chi connectivity index (χ1) is 18.6. The second kappa shape index (κ2) is 11.5. The minimum Gasteiger partial charge on any atom is -0.494 e. The molecule has 0 saturated carbocycles. The van der Waals surface area contributed by atoms with Crippen LogP contribution in [0.3, 0.4) is 0 Å². The third kappa shape index (κ3) is 6.54. The summed E-state index contributed by atoms with van der Waals surface area (Å²) >= 11 is 0. The predicted octanol–water partition coefficient (Wildman–Crippen LogP) is 4.32. The van der Waals surface area contributed by atoms with E-state index < -0.39 is 17.7 Å². The molecule has 1 saturated heterocycles. The molecule has 4 rings (SSSR count). The maximum absolute atomic E-state index is 13.3. The van der Waals surface area contributed by atoms with Gasteiger partial charge in [-0.15, -0.1) is 0 Å². The van der Waals surface area contributed by atoms with Crippen LogP contribution in [0.1, 0.15) is 39.2 Å². The highest BCUT2D eigenvalue weighted by Gasteiger charge is 2.37. The zero-order valence-electron chi connectivity index (χ0n) is 22.9. The summed E-state index contributed by atoms with van der Waals surface area (Å²) in [5.74, 6) is 0.391. The molecule has 1 unspecified atom stereocenters. The van der Waals surface area contributed by atoms with Gasteiger partial charge < -0.3 is 20.1 Å². The fraction of sp³-hybridized carbons (Fsp3) is 0.393. The maximum atomic E-state index is 13.3. The highest BCUT2D eigenvalue weighted by molar-refractivity contribution is 6.04. The number of nitrogens with one attached hydrogen (secondary N) is 2. The summed E-state index contributed by atoms with van der Waals surface area (Å²) in [5, 5.41) is 6.32. The van der Waals surface area contributed by atoms with E-state index in [9.17, 15) is 14.4 Å². The van der Waals surface area contributed by atoms with Crippen molar-refractivity contribution in [1.29, 1.82) is 0 Å². The molecule has 1 aliphatic rings. The summed E-state index contributed by atoms with van der Waals surface area (Å²) in [7, 11) is 3.10. The van der Waals surface area contributed by atoms with Crippen molar-refractivity contribution in [1.82, 2.24) is 20.2 Å². The molecule has 11 nitrogen and oxygen atoms in total. The molecule has 2 aromatic carbocycles. The van der Waals surface area contributed by atoms with Crippen LogP contribution < -0.4 is 20.3 Å². The summed E-state index contributed by atoms with van der Waals surface area (Å²) in [6.45, 7) is 6.15. The van der Waals surface area contributed by atoms with Crippen molar-refractivity contribution in [3.63, 3.8) is 0 Å². The van der Waals surface area contributed by atoms with Crippen LogP contribution in [-0.4, -0.2) is 65.2 Å². The summed E-state index contributed by atoms with van der Waals surface area (Å²) in [6, 6.07) is 11.9. The number of hydrogen-bond acceptors (Lipinski definition) is 7. The third-order valence-electron chi connectivity index (χ3n) is 6.29. The largest absolute Gasteiger partial charge is 0.494 e. The first-order valence-corrected chi connectivity index (χ1v) is 12.8. The molecule has 206 valence electrons. The molecule has 0 aliphatic carbocycles. The number of hydrogen-bond donors (Lipinski definition) is 2. The lowest BCUT2D eigenvalue weighted by molar-refractivity contribution is -0.120. The summed E-state index contributed by atoms with van der Waals surface area (Å²) < 4.78 is 11.0. The number of methoxy groups -OCH3 is 1. The number of fused-ring (bicyclic) bond motifs is 1. The number of anilines is 2. The molecule has 2 heterocycles. The van der Waals surface area contributed by atoms with Crippen LogP contribution in [0.4, 0.5) is 21.1 Å². The number of likely N-dealkylation sites (tertiary alicyclic amines) is 1. The van der Waals surface area contributed by atoms with Gasteiger partial charge >= 0.3 is 12.1 Å². The van der Waals surface area contributed by atoms with Gasteiger partial charge in [0.25, 0.3) is 0 Å². The number of carbonyl (C=O) groups is 3. The maximum Gasteiger partial charge on any atom is 0.410 e. The summed E-state index contributed by atoms with van der Waals surface area (Å²) in [5.41, 5.74) is 1.21. The number of ether oxygens (including phenoxy) is 2. The van der Waals surface area contributed by atoms with Crippen LogP contribution in [0.25, 0.3) is 10.9 Å². The minimum atomic E-state index is -0.682. The number of urea groups is 1. The minimum absolute atomic E-state index is 0.348. The molecule has 3 aromatic rings. The second-order valence-electron chi connectivity index (χ2n) is 10.3. The Kier molecular flexibility index (Phi) is 8.18. The Hall–Kier alpha value is -4.41. The molecule has 0 radical (unpaired) electrons. The topological polar surface area (TPSA) is 126 Å². The van der Waals surface area contributed by atoms with Gasteiger partial charge in [0.2, 0.25) is 5.91 Å². The molecular weight excluding hydrogens is 500 g/mol. The Bertz CT molecular complexity index is 1360. The lowest BCUT2D eigenvalue weighted by atomic mass is 10.1. The van der Waals surface area contributed by atoms with E-state index in [1.54, 1.807) is 40.0 Å². The highest BCUT2D eigenvalue weighted by Crippen LogP contribution is 2.34. The van der Waals surface area contributed by atoms with Crippen LogP contribution in [0, 0.1) is 0 Å². The molecule has 0 spiro atoms. The van der Waals surface area contributed by atoms with E-state index in [1.165, 1.54) is 23.2 Å². The molecule has 2 N–H and O–H groups in total. The zero-order valence-corrected chi connectivity index (χ0v) is 22.9. The Labute approximate surface area is 227 Å². The van der Waals surface area contributed by atoms with Crippen molar-refractivity contribution in [2.24, 2.45) is 0 Å². The van der Waals surface area contributed by atoms with E-state index in [-0.39, 0.29) is 11.9 Å². The number of nitrogens with zero attached hydrogens (tertiary/aromatic N) is 4. The van der Waals surface area contributed by atoms with Gasteiger partial charge in [0.05, 0.1) is 18.3 Å². The van der Waals surface area contributed by atoms with Crippen molar-refractivity contribution in [3.05, 3.63) is 54.4 Å². The molecule has 1 fully saturated rings. The molecule has 11 heteroatoms. The normalized spacial score (nSPS) is 15.1. The highest BCUT2D eigenvalue weighted by atomic mass is 16.6. The van der Waals surface area contributed by atoms with Crippen LogP contribution >= 0.6 is 0 Å². The van der Waals surface area contributed by atoms with Crippen molar-refractivity contribution >= 4 is 40.4 Å². The number of carbonyl (C=O) groups excluding carboxylic acids is 3. The van der Waals surface area contributed by atoms with Gasteiger partial charge in [-0.25, -0.2) is 19.6 Å². The van der Waals surface area contributed by atoms with Crippen molar-refractivity contribution in [2.75, 3.05) is 30.9 Å². The Morgan fingerprint density at radius 1 is 1.13 bits per heavy atom. The Morgan fingerprint density at radius 3 is 2.56 bits per heavy atom. The fourth-order valence-corrected chi connectivity index (χ4v) is 4.39. The van der Waals surface area contributed by atoms with Gasteiger partial charge in [0, 0.05) is 31.6 Å². The standard InChI is InChI=1S/C28H34N6O5/c1-28(2,3)39-27(37)34-13-9-12-22(34)25(35)32-21-14-19-20(15-23(21)38-5)30-17-31-24(19)33(4)26(36)29-16-18-10-7-6-8-11-18/h6-8,10-11,14-15,17,22H,9,12-13,16H2,1-5H3,(H,29,36)(H,32,35). The monoisotopic (exact) mass is 534 g/mol. The van der Waals surface area contributed by atoms with E-state index in [2.05, 4.69) is 20.6 Å². The molecular formula is C28H34N6O5. The van der Waals surface area contributed by atoms with Crippen LogP contribution in [0.15, 0.2) is 48.8 Å². The first kappa shape index (κ1) is 27.6. The van der Waals surface area contributed by atoms with Crippen molar-refractivity contribution in [3.8, 4) is 5.75 Å². The molecule has 39 heavy (non-hydrogen) atoms. The molecule has 0 bridgehead atoms. The van der Waals surface area contributed by atoms with Gasteiger partial charge in [-0.1, -0.05) is 30.3 Å². The first-order valence-electron chi connectivity index (χ1n) is 12.8. The average Bonchev–Trinajstić information content (AvgIpc) is 3.41. The number of aromatic nitrogens is 2. The zero-order chi connectivity index (χ0) is 28.2. The van der Waals surface area contributed by atoms with Gasteiger partial charge in [-0.05, 0) is 45.2 Å². The van der Waals surface area contributed by atoms with E-state index in [4.69, 9.17) is 9.47 Å².